The van der Waals surface area contributed by atoms with Gasteiger partial charge >= 0.3 is 0 Å². The molecule has 1 aromatic heterocycles. The highest BCUT2D eigenvalue weighted by Crippen LogP contribution is 2.29. The number of furan rings is 1. The summed E-state index contributed by atoms with van der Waals surface area (Å²) >= 11 is 5.76. The minimum Gasteiger partial charge on any atom is -0.459 e. The van der Waals surface area contributed by atoms with E-state index in [0.29, 0.717) is 5.76 Å². The van der Waals surface area contributed by atoms with Gasteiger partial charge in [-0.1, -0.05) is 18.5 Å². The molecule has 0 bridgehead atoms. The normalized spacial score (nSPS) is 12.7. The SMILES string of the molecule is CCC(NC)c1ccc(-c2ccc(F)c(Cl)c2)o1. The van der Waals surface area contributed by atoms with Gasteiger partial charge in [-0.25, -0.2) is 4.39 Å². The molecule has 18 heavy (non-hydrogen) atoms. The Bertz CT molecular complexity index is 534. The first-order valence-corrected chi connectivity index (χ1v) is 6.26. The van der Waals surface area contributed by atoms with E-state index >= 15 is 0 Å². The quantitative estimate of drug-likeness (QED) is 0.888. The van der Waals surface area contributed by atoms with Gasteiger partial charge in [-0.05, 0) is 43.8 Å². The van der Waals surface area contributed by atoms with E-state index in [-0.39, 0.29) is 11.1 Å². The van der Waals surface area contributed by atoms with Crippen molar-refractivity contribution in [2.45, 2.75) is 19.4 Å². The number of rotatable bonds is 4. The largest absolute Gasteiger partial charge is 0.459 e. The summed E-state index contributed by atoms with van der Waals surface area (Å²) in [4.78, 5) is 0. The van der Waals surface area contributed by atoms with Crippen molar-refractivity contribution in [2.24, 2.45) is 0 Å². The van der Waals surface area contributed by atoms with Gasteiger partial charge < -0.3 is 9.73 Å². The summed E-state index contributed by atoms with van der Waals surface area (Å²) < 4.78 is 18.8. The summed E-state index contributed by atoms with van der Waals surface area (Å²) in [6, 6.07) is 8.56. The Balaban J connectivity index is 2.31. The number of hydrogen-bond donors (Lipinski definition) is 1. The number of benzene rings is 1. The van der Waals surface area contributed by atoms with Crippen LogP contribution in [-0.2, 0) is 0 Å². The van der Waals surface area contributed by atoms with Crippen LogP contribution in [0.3, 0.4) is 0 Å². The highest BCUT2D eigenvalue weighted by molar-refractivity contribution is 6.31. The molecule has 1 heterocycles. The maximum atomic E-state index is 13.1. The topological polar surface area (TPSA) is 25.2 Å². The van der Waals surface area contributed by atoms with Crippen LogP contribution in [0.5, 0.6) is 0 Å². The average molecular weight is 268 g/mol. The lowest BCUT2D eigenvalue weighted by molar-refractivity contribution is 0.431. The van der Waals surface area contributed by atoms with E-state index in [4.69, 9.17) is 16.0 Å². The van der Waals surface area contributed by atoms with Crippen LogP contribution in [0.2, 0.25) is 5.02 Å². The molecule has 1 aromatic carbocycles. The summed E-state index contributed by atoms with van der Waals surface area (Å²) in [6.07, 6.45) is 0.938. The number of halogens is 2. The average Bonchev–Trinajstić information content (AvgIpc) is 2.84. The van der Waals surface area contributed by atoms with Crippen LogP contribution in [0.25, 0.3) is 11.3 Å². The molecule has 0 amide bonds. The summed E-state index contributed by atoms with van der Waals surface area (Å²) in [5.74, 6) is 1.14. The molecule has 0 aliphatic carbocycles. The Morgan fingerprint density at radius 1 is 1.33 bits per heavy atom. The third kappa shape index (κ3) is 2.57. The molecule has 0 fully saturated rings. The highest BCUT2D eigenvalue weighted by atomic mass is 35.5. The summed E-state index contributed by atoms with van der Waals surface area (Å²) in [6.45, 7) is 2.08. The molecular weight excluding hydrogens is 253 g/mol. The van der Waals surface area contributed by atoms with Gasteiger partial charge in [0, 0.05) is 5.56 Å². The zero-order valence-electron chi connectivity index (χ0n) is 10.3. The maximum absolute atomic E-state index is 13.1. The minimum absolute atomic E-state index is 0.103. The fourth-order valence-electron chi connectivity index (χ4n) is 1.89. The van der Waals surface area contributed by atoms with Crippen molar-refractivity contribution in [1.82, 2.24) is 5.32 Å². The summed E-state index contributed by atoms with van der Waals surface area (Å²) in [7, 11) is 1.89. The predicted octanol–water partition coefficient (Wildman–Crippen LogP) is 4.41. The van der Waals surface area contributed by atoms with Crippen LogP contribution >= 0.6 is 11.6 Å². The first kappa shape index (κ1) is 13.1. The van der Waals surface area contributed by atoms with Gasteiger partial charge in [0.25, 0.3) is 0 Å². The molecule has 2 rings (SSSR count). The van der Waals surface area contributed by atoms with Gasteiger partial charge in [0.05, 0.1) is 11.1 Å². The highest BCUT2D eigenvalue weighted by Gasteiger charge is 2.13. The lowest BCUT2D eigenvalue weighted by atomic mass is 10.1. The predicted molar refractivity (Wildman–Crippen MR) is 71.2 cm³/mol. The third-order valence-corrected chi connectivity index (χ3v) is 3.22. The second-order valence-corrected chi connectivity index (χ2v) is 4.49. The second-order valence-electron chi connectivity index (χ2n) is 4.08. The molecule has 1 N–H and O–H groups in total. The van der Waals surface area contributed by atoms with E-state index in [9.17, 15) is 4.39 Å². The van der Waals surface area contributed by atoms with Crippen molar-refractivity contribution >= 4 is 11.6 Å². The molecule has 0 saturated carbocycles. The molecule has 1 atom stereocenters. The number of nitrogens with one attached hydrogen (secondary N) is 1. The van der Waals surface area contributed by atoms with E-state index in [1.54, 1.807) is 12.1 Å². The molecule has 0 saturated heterocycles. The van der Waals surface area contributed by atoms with Crippen molar-refractivity contribution in [3.05, 3.63) is 46.9 Å². The van der Waals surface area contributed by atoms with Crippen molar-refractivity contribution in [2.75, 3.05) is 7.05 Å². The van der Waals surface area contributed by atoms with Crippen LogP contribution in [-0.4, -0.2) is 7.05 Å². The van der Waals surface area contributed by atoms with Crippen LogP contribution in [0, 0.1) is 5.82 Å². The molecule has 96 valence electrons. The van der Waals surface area contributed by atoms with Crippen LogP contribution < -0.4 is 5.32 Å². The lowest BCUT2D eigenvalue weighted by Gasteiger charge is -2.09. The molecule has 0 aliphatic heterocycles. The van der Waals surface area contributed by atoms with Crippen molar-refractivity contribution in [3.8, 4) is 11.3 Å². The first-order chi connectivity index (χ1) is 8.65. The van der Waals surface area contributed by atoms with Gasteiger partial charge in [-0.15, -0.1) is 0 Å². The first-order valence-electron chi connectivity index (χ1n) is 5.88. The third-order valence-electron chi connectivity index (χ3n) is 2.93. The zero-order valence-corrected chi connectivity index (χ0v) is 11.1. The fraction of sp³-hybridized carbons (Fsp3) is 0.286. The second kappa shape index (κ2) is 5.55. The molecule has 1 unspecified atom stereocenters. The van der Waals surface area contributed by atoms with Gasteiger partial charge in [0.1, 0.15) is 17.3 Å². The van der Waals surface area contributed by atoms with E-state index < -0.39 is 5.82 Å². The van der Waals surface area contributed by atoms with Crippen molar-refractivity contribution < 1.29 is 8.81 Å². The van der Waals surface area contributed by atoms with Crippen molar-refractivity contribution in [3.63, 3.8) is 0 Å². The van der Waals surface area contributed by atoms with Gasteiger partial charge in [0.2, 0.25) is 0 Å². The zero-order chi connectivity index (χ0) is 13.1. The van der Waals surface area contributed by atoms with E-state index in [2.05, 4.69) is 12.2 Å². The smallest absolute Gasteiger partial charge is 0.141 e. The molecule has 0 spiro atoms. The Hall–Kier alpha value is -1.32. The maximum Gasteiger partial charge on any atom is 0.141 e. The van der Waals surface area contributed by atoms with E-state index in [1.807, 2.05) is 19.2 Å². The fourth-order valence-corrected chi connectivity index (χ4v) is 2.07. The van der Waals surface area contributed by atoms with E-state index in [0.717, 1.165) is 17.7 Å². The Morgan fingerprint density at radius 2 is 2.11 bits per heavy atom. The molecule has 0 radical (unpaired) electrons. The monoisotopic (exact) mass is 267 g/mol. The molecular formula is C14H15ClFNO. The molecule has 4 heteroatoms. The summed E-state index contributed by atoms with van der Waals surface area (Å²) in [5, 5.41) is 3.28. The van der Waals surface area contributed by atoms with Gasteiger partial charge in [-0.2, -0.15) is 0 Å². The standard InChI is InChI=1S/C14H15ClFNO/c1-3-12(17-2)14-7-6-13(18-14)9-4-5-11(16)10(15)8-9/h4-8,12,17H,3H2,1-2H3. The molecule has 2 nitrogen and oxygen atoms in total. The Kier molecular flexibility index (Phi) is 4.04. The molecule has 2 aromatic rings. The minimum atomic E-state index is -0.422. The Labute approximate surface area is 111 Å². The lowest BCUT2D eigenvalue weighted by Crippen LogP contribution is -2.14. The van der Waals surface area contributed by atoms with Gasteiger partial charge in [-0.3, -0.25) is 0 Å². The van der Waals surface area contributed by atoms with E-state index in [1.165, 1.54) is 6.07 Å². The number of hydrogen-bond acceptors (Lipinski definition) is 2. The van der Waals surface area contributed by atoms with Gasteiger partial charge in [0.15, 0.2) is 0 Å². The molecule has 0 aliphatic rings. The van der Waals surface area contributed by atoms with Crippen LogP contribution in [0.4, 0.5) is 4.39 Å². The Morgan fingerprint density at radius 3 is 2.72 bits per heavy atom. The van der Waals surface area contributed by atoms with Crippen LogP contribution in [0.15, 0.2) is 34.7 Å². The summed E-state index contributed by atoms with van der Waals surface area (Å²) in [5.41, 5.74) is 0.776. The van der Waals surface area contributed by atoms with Crippen molar-refractivity contribution in [1.29, 1.82) is 0 Å². The van der Waals surface area contributed by atoms with Crippen LogP contribution in [0.1, 0.15) is 25.1 Å².